The zero-order valence-corrected chi connectivity index (χ0v) is 10.9. The summed E-state index contributed by atoms with van der Waals surface area (Å²) in [6, 6.07) is 5.47. The molecule has 0 amide bonds. The second kappa shape index (κ2) is 5.04. The van der Waals surface area contributed by atoms with Crippen LogP contribution in [-0.4, -0.2) is 11.5 Å². The van der Waals surface area contributed by atoms with Crippen molar-refractivity contribution >= 4 is 50.7 Å². The topological polar surface area (TPSA) is 43.1 Å². The van der Waals surface area contributed by atoms with E-state index in [1.807, 2.05) is 6.07 Å². The minimum absolute atomic E-state index is 0.203. The third-order valence-corrected chi connectivity index (χ3v) is 4.03. The van der Waals surface area contributed by atoms with Crippen molar-refractivity contribution in [3.05, 3.63) is 49.3 Å². The Morgan fingerprint density at radius 2 is 2.18 bits per heavy atom. The van der Waals surface area contributed by atoms with E-state index in [0.29, 0.717) is 10.0 Å². The van der Waals surface area contributed by atoms with Crippen LogP contribution in [-0.2, 0) is 0 Å². The number of hydrogen-bond acceptors (Lipinski definition) is 3. The van der Waals surface area contributed by atoms with Gasteiger partial charge in [-0.2, -0.15) is 0 Å². The van der Waals surface area contributed by atoms with E-state index < -0.39 is 4.92 Å². The lowest BCUT2D eigenvalue weighted by Crippen LogP contribution is -1.95. The smallest absolute Gasteiger partial charge is 0.222 e. The van der Waals surface area contributed by atoms with Crippen LogP contribution in [0.25, 0.3) is 16.2 Å². The Labute approximate surface area is 111 Å². The summed E-state index contributed by atoms with van der Waals surface area (Å²) in [6.07, 6.45) is 3.15. The summed E-state index contributed by atoms with van der Waals surface area (Å²) < 4.78 is 1.01. The van der Waals surface area contributed by atoms with Gasteiger partial charge < -0.3 is 0 Å². The van der Waals surface area contributed by atoms with Gasteiger partial charge in [0, 0.05) is 24.9 Å². The van der Waals surface area contributed by atoms with Gasteiger partial charge in [0.15, 0.2) is 0 Å². The van der Waals surface area contributed by atoms with E-state index in [-0.39, 0.29) is 6.54 Å². The molecule has 17 heavy (non-hydrogen) atoms. The number of benzene rings is 1. The molecule has 2 rings (SSSR count). The standard InChI is InChI=1S/C11H7Cl2NO2S/c12-7-3-4-9-8(6-7)11(13)10(17-9)2-1-5-14(15)16/h1-4,6H,5H2. The van der Waals surface area contributed by atoms with Gasteiger partial charge in [-0.15, -0.1) is 11.3 Å². The molecular formula is C11H7Cl2NO2S. The first-order valence-electron chi connectivity index (χ1n) is 4.74. The van der Waals surface area contributed by atoms with E-state index >= 15 is 0 Å². The van der Waals surface area contributed by atoms with Crippen molar-refractivity contribution in [2.75, 3.05) is 6.54 Å². The monoisotopic (exact) mass is 287 g/mol. The minimum atomic E-state index is -0.394. The molecule has 0 radical (unpaired) electrons. The van der Waals surface area contributed by atoms with Crippen molar-refractivity contribution in [2.24, 2.45) is 0 Å². The zero-order valence-electron chi connectivity index (χ0n) is 8.52. The van der Waals surface area contributed by atoms with Gasteiger partial charge in [-0.25, -0.2) is 0 Å². The molecule has 3 nitrogen and oxygen atoms in total. The maximum Gasteiger partial charge on any atom is 0.222 e. The molecule has 0 N–H and O–H groups in total. The van der Waals surface area contributed by atoms with Crippen LogP contribution in [0.2, 0.25) is 10.0 Å². The van der Waals surface area contributed by atoms with Crippen LogP contribution in [0.15, 0.2) is 24.3 Å². The fraction of sp³-hybridized carbons (Fsp3) is 0.0909. The van der Waals surface area contributed by atoms with Crippen molar-refractivity contribution in [2.45, 2.75) is 0 Å². The third-order valence-electron chi connectivity index (χ3n) is 2.14. The average molecular weight is 288 g/mol. The van der Waals surface area contributed by atoms with E-state index in [1.165, 1.54) is 17.4 Å². The lowest BCUT2D eigenvalue weighted by atomic mass is 10.2. The Morgan fingerprint density at radius 1 is 1.41 bits per heavy atom. The van der Waals surface area contributed by atoms with E-state index in [0.717, 1.165) is 15.0 Å². The first-order valence-corrected chi connectivity index (χ1v) is 6.31. The molecule has 2 aromatic rings. The average Bonchev–Trinajstić information content (AvgIpc) is 2.56. The minimum Gasteiger partial charge on any atom is -0.264 e. The lowest BCUT2D eigenvalue weighted by Gasteiger charge is -1.91. The predicted octanol–water partition coefficient (Wildman–Crippen LogP) is 4.50. The highest BCUT2D eigenvalue weighted by molar-refractivity contribution is 7.20. The normalized spacial score (nSPS) is 11.4. The van der Waals surface area contributed by atoms with Gasteiger partial charge in [0.2, 0.25) is 6.54 Å². The van der Waals surface area contributed by atoms with Crippen LogP contribution < -0.4 is 0 Å². The van der Waals surface area contributed by atoms with E-state index in [4.69, 9.17) is 23.2 Å². The predicted molar refractivity (Wildman–Crippen MR) is 72.7 cm³/mol. The quantitative estimate of drug-likeness (QED) is 0.616. The molecular weight excluding hydrogens is 281 g/mol. The first kappa shape index (κ1) is 12.4. The summed E-state index contributed by atoms with van der Waals surface area (Å²) in [5.74, 6) is 0. The van der Waals surface area contributed by atoms with Crippen LogP contribution >= 0.6 is 34.5 Å². The van der Waals surface area contributed by atoms with Crippen LogP contribution in [0.3, 0.4) is 0 Å². The summed E-state index contributed by atoms with van der Waals surface area (Å²) in [7, 11) is 0. The van der Waals surface area contributed by atoms with E-state index in [9.17, 15) is 10.1 Å². The number of hydrogen-bond donors (Lipinski definition) is 0. The molecule has 0 fully saturated rings. The highest BCUT2D eigenvalue weighted by Gasteiger charge is 2.08. The number of nitro groups is 1. The Morgan fingerprint density at radius 3 is 2.88 bits per heavy atom. The molecule has 1 aromatic heterocycles. The molecule has 0 spiro atoms. The lowest BCUT2D eigenvalue weighted by molar-refractivity contribution is -0.468. The number of thiophene rings is 1. The maximum absolute atomic E-state index is 10.2. The largest absolute Gasteiger partial charge is 0.264 e. The molecule has 0 saturated carbocycles. The number of halogens is 2. The Hall–Kier alpha value is -1.10. The second-order valence-corrected chi connectivity index (χ2v) is 5.24. The summed E-state index contributed by atoms with van der Waals surface area (Å²) >= 11 is 13.5. The second-order valence-electron chi connectivity index (χ2n) is 3.34. The molecule has 1 heterocycles. The van der Waals surface area contributed by atoms with E-state index in [2.05, 4.69) is 0 Å². The Kier molecular flexibility index (Phi) is 3.66. The molecule has 6 heteroatoms. The van der Waals surface area contributed by atoms with Gasteiger partial charge in [0.05, 0.1) is 5.02 Å². The molecule has 0 aliphatic carbocycles. The van der Waals surface area contributed by atoms with Crippen LogP contribution in [0, 0.1) is 10.1 Å². The van der Waals surface area contributed by atoms with Gasteiger partial charge in [-0.1, -0.05) is 23.2 Å². The third kappa shape index (κ3) is 2.77. The first-order chi connectivity index (χ1) is 8.08. The SMILES string of the molecule is O=[N+]([O-])CC=Cc1sc2ccc(Cl)cc2c1Cl. The molecule has 0 bridgehead atoms. The maximum atomic E-state index is 10.2. The Bertz CT molecular complexity index is 607. The highest BCUT2D eigenvalue weighted by Crippen LogP contribution is 2.37. The summed E-state index contributed by atoms with van der Waals surface area (Å²) in [4.78, 5) is 10.6. The van der Waals surface area contributed by atoms with Crippen molar-refractivity contribution in [1.29, 1.82) is 0 Å². The van der Waals surface area contributed by atoms with Crippen molar-refractivity contribution in [1.82, 2.24) is 0 Å². The zero-order chi connectivity index (χ0) is 12.4. The molecule has 0 aliphatic rings. The fourth-order valence-corrected chi connectivity index (χ4v) is 2.98. The van der Waals surface area contributed by atoms with Crippen LogP contribution in [0.5, 0.6) is 0 Å². The molecule has 0 aliphatic heterocycles. The summed E-state index contributed by atoms with van der Waals surface area (Å²) in [5.41, 5.74) is 0. The number of rotatable bonds is 3. The fourth-order valence-electron chi connectivity index (χ4n) is 1.41. The highest BCUT2D eigenvalue weighted by atomic mass is 35.5. The Balaban J connectivity index is 2.39. The molecule has 0 atom stereocenters. The summed E-state index contributed by atoms with van der Waals surface area (Å²) in [6.45, 7) is -0.203. The van der Waals surface area contributed by atoms with Crippen LogP contribution in [0.1, 0.15) is 4.88 Å². The van der Waals surface area contributed by atoms with Crippen molar-refractivity contribution < 1.29 is 4.92 Å². The van der Waals surface area contributed by atoms with Gasteiger partial charge >= 0.3 is 0 Å². The van der Waals surface area contributed by atoms with Gasteiger partial charge in [-0.3, -0.25) is 10.1 Å². The summed E-state index contributed by atoms with van der Waals surface area (Å²) in [5, 5.41) is 12.3. The molecule has 88 valence electrons. The molecule has 0 saturated heterocycles. The molecule has 0 unspecified atom stereocenters. The van der Waals surface area contributed by atoms with Gasteiger partial charge in [-0.05, 0) is 30.4 Å². The number of fused-ring (bicyclic) bond motifs is 1. The van der Waals surface area contributed by atoms with Gasteiger partial charge in [0.25, 0.3) is 0 Å². The number of nitrogens with zero attached hydrogens (tertiary/aromatic N) is 1. The van der Waals surface area contributed by atoms with Gasteiger partial charge in [0.1, 0.15) is 0 Å². The van der Waals surface area contributed by atoms with Crippen LogP contribution in [0.4, 0.5) is 0 Å². The van der Waals surface area contributed by atoms with Crippen molar-refractivity contribution in [3.63, 3.8) is 0 Å². The van der Waals surface area contributed by atoms with Crippen molar-refractivity contribution in [3.8, 4) is 0 Å². The molecule has 1 aromatic carbocycles. The van der Waals surface area contributed by atoms with E-state index in [1.54, 1.807) is 18.2 Å².